The van der Waals surface area contributed by atoms with Crippen molar-refractivity contribution in [2.45, 2.75) is 13.3 Å². The van der Waals surface area contributed by atoms with Gasteiger partial charge in [0.2, 0.25) is 0 Å². The van der Waals surface area contributed by atoms with Crippen LogP contribution in [0.4, 0.5) is 5.82 Å². The van der Waals surface area contributed by atoms with Crippen LogP contribution in [-0.4, -0.2) is 29.8 Å². The van der Waals surface area contributed by atoms with Crippen LogP contribution in [0.25, 0.3) is 0 Å². The van der Waals surface area contributed by atoms with Gasteiger partial charge in [-0.15, -0.1) is 0 Å². The van der Waals surface area contributed by atoms with E-state index >= 15 is 0 Å². The van der Waals surface area contributed by atoms with Gasteiger partial charge in [0, 0.05) is 11.8 Å². The van der Waals surface area contributed by atoms with Crippen LogP contribution in [0.1, 0.15) is 12.6 Å². The van der Waals surface area contributed by atoms with E-state index in [9.17, 15) is 4.79 Å². The Kier molecular flexibility index (Phi) is 4.60. The second-order valence-corrected chi connectivity index (χ2v) is 4.14. The highest BCUT2D eigenvalue weighted by molar-refractivity contribution is 5.90. The first-order valence-corrected chi connectivity index (χ1v) is 6.32. The molecule has 106 valence electrons. The van der Waals surface area contributed by atoms with Crippen molar-refractivity contribution >= 4 is 11.7 Å². The Bertz CT molecular complexity index is 563. The van der Waals surface area contributed by atoms with E-state index in [-0.39, 0.29) is 12.5 Å². The fourth-order valence-corrected chi connectivity index (χ4v) is 1.61. The summed E-state index contributed by atoms with van der Waals surface area (Å²) in [5.41, 5.74) is 0.969. The fraction of sp³-hybridized carbons (Fsp3) is 0.286. The predicted octanol–water partition coefficient (Wildman–Crippen LogP) is 2.00. The summed E-state index contributed by atoms with van der Waals surface area (Å²) >= 11 is 0. The molecule has 1 amide bonds. The molecule has 6 nitrogen and oxygen atoms in total. The third-order valence-electron chi connectivity index (χ3n) is 2.71. The third kappa shape index (κ3) is 3.74. The van der Waals surface area contributed by atoms with Gasteiger partial charge >= 0.3 is 0 Å². The SMILES string of the molecule is CCc1cc(NC(=O)COc2ccc(OC)cc2)n[nH]1. The lowest BCUT2D eigenvalue weighted by atomic mass is 10.3. The van der Waals surface area contributed by atoms with E-state index in [0.717, 1.165) is 17.9 Å². The Hall–Kier alpha value is -2.50. The minimum atomic E-state index is -0.255. The Balaban J connectivity index is 1.82. The summed E-state index contributed by atoms with van der Waals surface area (Å²) in [7, 11) is 1.59. The molecule has 0 unspecified atom stereocenters. The van der Waals surface area contributed by atoms with Gasteiger partial charge in [0.15, 0.2) is 12.4 Å². The predicted molar refractivity (Wildman–Crippen MR) is 75.1 cm³/mol. The van der Waals surface area contributed by atoms with Crippen LogP contribution in [0.15, 0.2) is 30.3 Å². The van der Waals surface area contributed by atoms with Crippen molar-refractivity contribution in [3.05, 3.63) is 36.0 Å². The first kappa shape index (κ1) is 13.9. The molecule has 0 saturated carbocycles. The zero-order valence-corrected chi connectivity index (χ0v) is 11.5. The molecule has 0 saturated heterocycles. The van der Waals surface area contributed by atoms with E-state index < -0.39 is 0 Å². The minimum Gasteiger partial charge on any atom is -0.497 e. The van der Waals surface area contributed by atoms with Crippen molar-refractivity contribution in [3.63, 3.8) is 0 Å². The molecule has 0 radical (unpaired) electrons. The number of methoxy groups -OCH3 is 1. The monoisotopic (exact) mass is 275 g/mol. The van der Waals surface area contributed by atoms with E-state index in [1.165, 1.54) is 0 Å². The third-order valence-corrected chi connectivity index (χ3v) is 2.71. The summed E-state index contributed by atoms with van der Waals surface area (Å²) in [6.45, 7) is 1.94. The van der Waals surface area contributed by atoms with Gasteiger partial charge in [-0.05, 0) is 30.7 Å². The molecular weight excluding hydrogens is 258 g/mol. The van der Waals surface area contributed by atoms with Crippen molar-refractivity contribution in [1.82, 2.24) is 10.2 Å². The number of rotatable bonds is 6. The smallest absolute Gasteiger partial charge is 0.263 e. The number of nitrogens with one attached hydrogen (secondary N) is 2. The first-order chi connectivity index (χ1) is 9.71. The van der Waals surface area contributed by atoms with Crippen LogP contribution in [0.3, 0.4) is 0 Å². The number of ether oxygens (including phenoxy) is 2. The Morgan fingerprint density at radius 3 is 2.60 bits per heavy atom. The van der Waals surface area contributed by atoms with Crippen LogP contribution in [0.2, 0.25) is 0 Å². The highest BCUT2D eigenvalue weighted by Crippen LogP contribution is 2.16. The van der Waals surface area contributed by atoms with Gasteiger partial charge in [-0.3, -0.25) is 9.89 Å². The summed E-state index contributed by atoms with van der Waals surface area (Å²) in [6.07, 6.45) is 0.839. The Morgan fingerprint density at radius 1 is 1.30 bits per heavy atom. The molecule has 1 aromatic carbocycles. The highest BCUT2D eigenvalue weighted by Gasteiger charge is 2.06. The number of carbonyl (C=O) groups excluding carboxylic acids is 1. The van der Waals surface area contributed by atoms with Crippen LogP contribution in [0.5, 0.6) is 11.5 Å². The van der Waals surface area contributed by atoms with Crippen LogP contribution >= 0.6 is 0 Å². The molecule has 0 aliphatic heterocycles. The van der Waals surface area contributed by atoms with Gasteiger partial charge in [0.05, 0.1) is 7.11 Å². The number of aryl methyl sites for hydroxylation is 1. The molecule has 0 spiro atoms. The molecule has 0 fully saturated rings. The maximum Gasteiger partial charge on any atom is 0.263 e. The topological polar surface area (TPSA) is 76.2 Å². The second kappa shape index (κ2) is 6.60. The summed E-state index contributed by atoms with van der Waals surface area (Å²) in [5.74, 6) is 1.60. The molecule has 6 heteroatoms. The largest absolute Gasteiger partial charge is 0.497 e. The minimum absolute atomic E-state index is 0.0688. The van der Waals surface area contributed by atoms with Gasteiger partial charge in [-0.2, -0.15) is 5.10 Å². The van der Waals surface area contributed by atoms with E-state index in [0.29, 0.717) is 11.6 Å². The van der Waals surface area contributed by atoms with Crippen molar-refractivity contribution in [2.75, 3.05) is 19.0 Å². The molecule has 2 rings (SSSR count). The quantitative estimate of drug-likeness (QED) is 0.845. The molecule has 0 aliphatic rings. The zero-order valence-electron chi connectivity index (χ0n) is 11.5. The van der Waals surface area contributed by atoms with Crippen molar-refractivity contribution in [3.8, 4) is 11.5 Å². The molecule has 1 aromatic heterocycles. The molecule has 2 aromatic rings. The summed E-state index contributed by atoms with van der Waals surface area (Å²) in [5, 5.41) is 9.46. The number of aromatic nitrogens is 2. The van der Waals surface area contributed by atoms with Gasteiger partial charge in [0.25, 0.3) is 5.91 Å². The van der Waals surface area contributed by atoms with E-state index in [1.54, 1.807) is 37.4 Å². The number of benzene rings is 1. The first-order valence-electron chi connectivity index (χ1n) is 6.32. The number of anilines is 1. The Labute approximate surface area is 117 Å². The lowest BCUT2D eigenvalue weighted by Crippen LogP contribution is -2.20. The number of H-pyrrole nitrogens is 1. The van der Waals surface area contributed by atoms with Crippen LogP contribution in [-0.2, 0) is 11.2 Å². The maximum absolute atomic E-state index is 11.7. The van der Waals surface area contributed by atoms with Crippen molar-refractivity contribution in [2.24, 2.45) is 0 Å². The summed E-state index contributed by atoms with van der Waals surface area (Å²) in [4.78, 5) is 11.7. The summed E-state index contributed by atoms with van der Waals surface area (Å²) < 4.78 is 10.4. The second-order valence-electron chi connectivity index (χ2n) is 4.14. The van der Waals surface area contributed by atoms with Crippen molar-refractivity contribution < 1.29 is 14.3 Å². The number of hydrogen-bond acceptors (Lipinski definition) is 4. The molecule has 0 bridgehead atoms. The maximum atomic E-state index is 11.7. The molecule has 1 heterocycles. The standard InChI is InChI=1S/C14H17N3O3/c1-3-10-8-13(17-16-10)15-14(18)9-20-12-6-4-11(19-2)5-7-12/h4-8H,3,9H2,1-2H3,(H2,15,16,17,18). The number of hydrogen-bond donors (Lipinski definition) is 2. The number of amides is 1. The molecule has 0 atom stereocenters. The number of nitrogens with zero attached hydrogens (tertiary/aromatic N) is 1. The van der Waals surface area contributed by atoms with E-state index in [4.69, 9.17) is 9.47 Å². The van der Waals surface area contributed by atoms with Gasteiger partial charge < -0.3 is 14.8 Å². The number of aromatic amines is 1. The van der Waals surface area contributed by atoms with Gasteiger partial charge in [0.1, 0.15) is 11.5 Å². The fourth-order valence-electron chi connectivity index (χ4n) is 1.61. The van der Waals surface area contributed by atoms with Crippen molar-refractivity contribution in [1.29, 1.82) is 0 Å². The van der Waals surface area contributed by atoms with E-state index in [2.05, 4.69) is 15.5 Å². The molecule has 0 aliphatic carbocycles. The highest BCUT2D eigenvalue weighted by atomic mass is 16.5. The Morgan fingerprint density at radius 2 is 2.00 bits per heavy atom. The van der Waals surface area contributed by atoms with Gasteiger partial charge in [-0.1, -0.05) is 6.92 Å². The van der Waals surface area contributed by atoms with Crippen LogP contribution < -0.4 is 14.8 Å². The normalized spacial score (nSPS) is 10.1. The van der Waals surface area contributed by atoms with Crippen LogP contribution in [0, 0.1) is 0 Å². The average Bonchev–Trinajstić information content (AvgIpc) is 2.93. The number of carbonyl (C=O) groups is 1. The summed E-state index contributed by atoms with van der Waals surface area (Å²) in [6, 6.07) is 8.83. The zero-order chi connectivity index (χ0) is 14.4. The molecular formula is C14H17N3O3. The molecule has 2 N–H and O–H groups in total. The lowest BCUT2D eigenvalue weighted by Gasteiger charge is -2.06. The average molecular weight is 275 g/mol. The lowest BCUT2D eigenvalue weighted by molar-refractivity contribution is -0.118. The van der Waals surface area contributed by atoms with Gasteiger partial charge in [-0.25, -0.2) is 0 Å². The molecule has 20 heavy (non-hydrogen) atoms. The van der Waals surface area contributed by atoms with E-state index in [1.807, 2.05) is 6.92 Å².